The van der Waals surface area contributed by atoms with Gasteiger partial charge < -0.3 is 9.64 Å². The first-order chi connectivity index (χ1) is 15.3. The number of para-hydroxylation sites is 1. The number of ether oxygens (including phenoxy) is 1. The molecule has 4 rings (SSSR count). The molecule has 2 aromatic carbocycles. The number of rotatable bonds is 2. The topological polar surface area (TPSA) is 96.3 Å². The molecule has 0 aliphatic carbocycles. The van der Waals surface area contributed by atoms with E-state index in [2.05, 4.69) is 4.99 Å². The van der Waals surface area contributed by atoms with Crippen LogP contribution >= 0.6 is 11.6 Å². The minimum Gasteiger partial charge on any atom is -0.422 e. The number of halogens is 1. The molecule has 0 N–H and O–H groups in total. The van der Waals surface area contributed by atoms with Crippen LogP contribution in [0.3, 0.4) is 0 Å². The molecular formula is C23H16ClN3O5. The largest absolute Gasteiger partial charge is 0.422 e. The quantitative estimate of drug-likeness (QED) is 0.302. The number of esters is 1. The molecule has 32 heavy (non-hydrogen) atoms. The van der Waals surface area contributed by atoms with Crippen LogP contribution in [0.15, 0.2) is 71.0 Å². The van der Waals surface area contributed by atoms with Gasteiger partial charge in [-0.15, -0.1) is 0 Å². The second-order valence-corrected chi connectivity index (χ2v) is 7.38. The first kappa shape index (κ1) is 21.2. The molecule has 0 aromatic heterocycles. The third-order valence-electron chi connectivity index (χ3n) is 4.83. The van der Waals surface area contributed by atoms with Crippen molar-refractivity contribution >= 4 is 47.2 Å². The number of amides is 2. The summed E-state index contributed by atoms with van der Waals surface area (Å²) in [5, 5.41) is 0.422. The molecular weight excluding hydrogens is 434 g/mol. The normalized spacial score (nSPS) is 19.7. The number of benzene rings is 2. The van der Waals surface area contributed by atoms with Crippen LogP contribution in [0.4, 0.5) is 0 Å². The molecule has 2 aromatic rings. The average molecular weight is 450 g/mol. The van der Waals surface area contributed by atoms with E-state index in [-0.39, 0.29) is 28.5 Å². The van der Waals surface area contributed by atoms with Gasteiger partial charge in [0.05, 0.1) is 5.56 Å². The number of ketones is 1. The Hall–Kier alpha value is -4.04. The summed E-state index contributed by atoms with van der Waals surface area (Å²) in [6, 6.07) is 13.2. The fraction of sp³-hybridized carbons (Fsp3) is 0.0870. The summed E-state index contributed by atoms with van der Waals surface area (Å²) in [7, 11) is 1.54. The van der Waals surface area contributed by atoms with Crippen molar-refractivity contribution in [2.75, 3.05) is 7.05 Å². The SMILES string of the molecule is CC(=O)N=C1N(/C=C2\C(=O)Oc3ccccc3C2=O)C(=O)/C(=C\c2ccccc2Cl)N1C. The number of guanidine groups is 1. The van der Waals surface area contributed by atoms with Crippen molar-refractivity contribution in [3.63, 3.8) is 0 Å². The van der Waals surface area contributed by atoms with Crippen molar-refractivity contribution < 1.29 is 23.9 Å². The summed E-state index contributed by atoms with van der Waals surface area (Å²) in [6.07, 6.45) is 2.59. The highest BCUT2D eigenvalue weighted by Crippen LogP contribution is 2.30. The summed E-state index contributed by atoms with van der Waals surface area (Å²) in [4.78, 5) is 56.6. The lowest BCUT2D eigenvalue weighted by molar-refractivity contribution is -0.130. The van der Waals surface area contributed by atoms with Gasteiger partial charge in [0.2, 0.25) is 17.6 Å². The van der Waals surface area contributed by atoms with Crippen molar-refractivity contribution in [3.05, 3.63) is 82.2 Å². The van der Waals surface area contributed by atoms with Crippen LogP contribution < -0.4 is 4.74 Å². The zero-order valence-electron chi connectivity index (χ0n) is 17.0. The molecule has 0 atom stereocenters. The predicted molar refractivity (Wildman–Crippen MR) is 117 cm³/mol. The Morgan fingerprint density at radius 1 is 1.06 bits per heavy atom. The van der Waals surface area contributed by atoms with Gasteiger partial charge in [-0.1, -0.05) is 41.9 Å². The van der Waals surface area contributed by atoms with Crippen LogP contribution in [-0.4, -0.2) is 46.4 Å². The maximum absolute atomic E-state index is 13.2. The second-order valence-electron chi connectivity index (χ2n) is 6.97. The monoisotopic (exact) mass is 449 g/mol. The lowest BCUT2D eigenvalue weighted by Crippen LogP contribution is -2.33. The van der Waals surface area contributed by atoms with Crippen molar-refractivity contribution in [2.24, 2.45) is 4.99 Å². The van der Waals surface area contributed by atoms with Crippen LogP contribution in [-0.2, 0) is 14.4 Å². The summed E-state index contributed by atoms with van der Waals surface area (Å²) in [5.41, 5.74) is 0.547. The van der Waals surface area contributed by atoms with Crippen molar-refractivity contribution in [1.82, 2.24) is 9.80 Å². The molecule has 0 spiro atoms. The minimum absolute atomic E-state index is 0.0623. The Kier molecular flexibility index (Phi) is 5.46. The van der Waals surface area contributed by atoms with E-state index >= 15 is 0 Å². The van der Waals surface area contributed by atoms with Crippen LogP contribution in [0, 0.1) is 0 Å². The fourth-order valence-corrected chi connectivity index (χ4v) is 3.48. The van der Waals surface area contributed by atoms with E-state index in [0.29, 0.717) is 10.6 Å². The first-order valence-electron chi connectivity index (χ1n) is 9.48. The molecule has 9 heteroatoms. The third kappa shape index (κ3) is 3.72. The Morgan fingerprint density at radius 2 is 1.75 bits per heavy atom. The molecule has 0 bridgehead atoms. The van der Waals surface area contributed by atoms with Crippen LogP contribution in [0.1, 0.15) is 22.8 Å². The van der Waals surface area contributed by atoms with E-state index in [4.69, 9.17) is 16.3 Å². The molecule has 2 aliphatic rings. The highest BCUT2D eigenvalue weighted by Gasteiger charge is 2.39. The van der Waals surface area contributed by atoms with E-state index in [1.165, 1.54) is 37.1 Å². The van der Waals surface area contributed by atoms with E-state index in [1.54, 1.807) is 36.4 Å². The van der Waals surface area contributed by atoms with Gasteiger partial charge in [-0.2, -0.15) is 4.99 Å². The number of Topliss-reactive ketones (excluding diaryl/α,β-unsaturated/α-hetero) is 1. The van der Waals surface area contributed by atoms with Crippen LogP contribution in [0.5, 0.6) is 5.75 Å². The van der Waals surface area contributed by atoms with Gasteiger partial charge in [-0.05, 0) is 29.8 Å². The average Bonchev–Trinajstić information content (AvgIpc) is 2.96. The molecule has 0 saturated carbocycles. The third-order valence-corrected chi connectivity index (χ3v) is 5.17. The molecule has 0 unspecified atom stereocenters. The number of aliphatic imine (C=N–C) groups is 1. The number of likely N-dealkylation sites (N-methyl/N-ethyl adjacent to an activating group) is 1. The number of carbonyl (C=O) groups is 4. The number of hydrogen-bond acceptors (Lipinski definition) is 5. The van der Waals surface area contributed by atoms with Crippen molar-refractivity contribution in [3.8, 4) is 5.75 Å². The molecule has 1 fully saturated rings. The minimum atomic E-state index is -0.908. The highest BCUT2D eigenvalue weighted by atomic mass is 35.5. The summed E-state index contributed by atoms with van der Waals surface area (Å²) in [5.74, 6) is -2.59. The maximum Gasteiger partial charge on any atom is 0.349 e. The fourth-order valence-electron chi connectivity index (χ4n) is 3.29. The maximum atomic E-state index is 13.2. The second kappa shape index (κ2) is 8.24. The summed E-state index contributed by atoms with van der Waals surface area (Å²) < 4.78 is 5.22. The Morgan fingerprint density at radius 3 is 2.47 bits per heavy atom. The Labute approximate surface area is 188 Å². The zero-order valence-corrected chi connectivity index (χ0v) is 17.8. The molecule has 160 valence electrons. The van der Waals surface area contributed by atoms with Gasteiger partial charge >= 0.3 is 5.97 Å². The Balaban J connectivity index is 1.81. The van der Waals surface area contributed by atoms with E-state index in [9.17, 15) is 19.2 Å². The van der Waals surface area contributed by atoms with Gasteiger partial charge in [0, 0.05) is 25.2 Å². The first-order valence-corrected chi connectivity index (χ1v) is 9.86. The van der Waals surface area contributed by atoms with Gasteiger partial charge in [-0.25, -0.2) is 4.79 Å². The van der Waals surface area contributed by atoms with Crippen molar-refractivity contribution in [1.29, 1.82) is 0 Å². The van der Waals surface area contributed by atoms with Gasteiger partial charge in [0.1, 0.15) is 17.0 Å². The summed E-state index contributed by atoms with van der Waals surface area (Å²) >= 11 is 6.21. The molecule has 1 saturated heterocycles. The molecule has 2 amide bonds. The molecule has 8 nitrogen and oxygen atoms in total. The van der Waals surface area contributed by atoms with Gasteiger partial charge in [-0.3, -0.25) is 19.3 Å². The standard InChI is InChI=1S/C23H16ClN3O5/c1-13(28)25-23-26(2)18(11-14-7-3-5-9-17(14)24)21(30)27(23)12-16-20(29)15-8-4-6-10-19(15)32-22(16)31/h3-12H,1-2H3/b16-12-,18-11+,25-23?. The van der Waals surface area contributed by atoms with E-state index in [0.717, 1.165) is 11.1 Å². The number of fused-ring (bicyclic) bond motifs is 1. The molecule has 2 aliphatic heterocycles. The van der Waals surface area contributed by atoms with Crippen LogP contribution in [0.2, 0.25) is 5.02 Å². The van der Waals surface area contributed by atoms with E-state index < -0.39 is 23.6 Å². The molecule has 2 heterocycles. The number of nitrogens with zero attached hydrogens (tertiary/aromatic N) is 3. The van der Waals surface area contributed by atoms with Crippen LogP contribution in [0.25, 0.3) is 6.08 Å². The lowest BCUT2D eigenvalue weighted by atomic mass is 10.0. The zero-order chi connectivity index (χ0) is 23.0. The smallest absolute Gasteiger partial charge is 0.349 e. The lowest BCUT2D eigenvalue weighted by Gasteiger charge is -2.19. The van der Waals surface area contributed by atoms with Gasteiger partial charge in [0.15, 0.2) is 0 Å². The highest BCUT2D eigenvalue weighted by molar-refractivity contribution is 6.32. The Bertz CT molecular complexity index is 1280. The summed E-state index contributed by atoms with van der Waals surface area (Å²) in [6.45, 7) is 1.22. The van der Waals surface area contributed by atoms with Gasteiger partial charge in [0.25, 0.3) is 5.91 Å². The number of hydrogen-bond donors (Lipinski definition) is 0. The molecule has 0 radical (unpaired) electrons. The van der Waals surface area contributed by atoms with Crippen molar-refractivity contribution in [2.45, 2.75) is 6.92 Å². The van der Waals surface area contributed by atoms with E-state index in [1.807, 2.05) is 0 Å². The predicted octanol–water partition coefficient (Wildman–Crippen LogP) is 3.04. The number of carbonyl (C=O) groups excluding carboxylic acids is 4.